The van der Waals surface area contributed by atoms with Crippen LogP contribution < -0.4 is 9.64 Å². The Morgan fingerprint density at radius 1 is 0.600 bits per heavy atom. The molecule has 0 saturated carbocycles. The van der Waals surface area contributed by atoms with E-state index in [1.807, 2.05) is 35.6 Å². The van der Waals surface area contributed by atoms with E-state index in [1.165, 1.54) is 31.3 Å². The van der Waals surface area contributed by atoms with E-state index in [0.717, 1.165) is 27.8 Å². The van der Waals surface area contributed by atoms with Crippen LogP contribution in [0.2, 0.25) is 0 Å². The maximum Gasteiger partial charge on any atom is 0.165 e. The molecule has 0 saturated heterocycles. The molecule has 0 aliphatic rings. The molecular formula is C36H26N2OS. The number of nitrogens with zero attached hydrogens (tertiary/aromatic N) is 2. The molecule has 4 heteroatoms. The van der Waals surface area contributed by atoms with Gasteiger partial charge in [-0.15, -0.1) is 11.3 Å². The van der Waals surface area contributed by atoms with Gasteiger partial charge in [-0.2, -0.15) is 0 Å². The van der Waals surface area contributed by atoms with Gasteiger partial charge in [0, 0.05) is 36.9 Å². The second-order valence-electron chi connectivity index (χ2n) is 9.68. The lowest BCUT2D eigenvalue weighted by Crippen LogP contribution is -2.22. The lowest BCUT2D eigenvalue weighted by molar-refractivity contribution is 0.328. The van der Waals surface area contributed by atoms with Crippen LogP contribution in [0.25, 0.3) is 42.1 Å². The zero-order chi connectivity index (χ0) is 26.9. The molecule has 6 aromatic carbocycles. The largest absolute Gasteiger partial charge is 0.470 e. The van der Waals surface area contributed by atoms with Gasteiger partial charge in [0.2, 0.25) is 0 Å². The van der Waals surface area contributed by atoms with Gasteiger partial charge in [-0.1, -0.05) is 97.1 Å². The number of ether oxygens (including phenoxy) is 1. The second-order valence-corrected chi connectivity index (χ2v) is 10.8. The van der Waals surface area contributed by atoms with Crippen molar-refractivity contribution in [1.29, 1.82) is 0 Å². The van der Waals surface area contributed by atoms with Crippen molar-refractivity contribution in [3.63, 3.8) is 0 Å². The summed E-state index contributed by atoms with van der Waals surface area (Å²) in [5.41, 5.74) is 5.26. The fourth-order valence-corrected chi connectivity index (χ4v) is 6.43. The fourth-order valence-electron chi connectivity index (χ4n) is 5.29. The first-order chi connectivity index (χ1) is 19.8. The third kappa shape index (κ3) is 4.39. The Balaban J connectivity index is 1.29. The summed E-state index contributed by atoms with van der Waals surface area (Å²) in [6.07, 6.45) is 0. The minimum absolute atomic E-state index is 0.321. The van der Waals surface area contributed by atoms with E-state index in [9.17, 15) is 0 Å². The van der Waals surface area contributed by atoms with Gasteiger partial charge >= 0.3 is 0 Å². The smallest absolute Gasteiger partial charge is 0.165 e. The number of rotatable bonds is 7. The second kappa shape index (κ2) is 10.3. The summed E-state index contributed by atoms with van der Waals surface area (Å²) in [4.78, 5) is 6.55. The van der Waals surface area contributed by atoms with E-state index in [2.05, 4.69) is 126 Å². The van der Waals surface area contributed by atoms with Gasteiger partial charge in [-0.05, 0) is 59.6 Å². The van der Waals surface area contributed by atoms with Crippen molar-refractivity contribution < 1.29 is 4.74 Å². The first-order valence-corrected chi connectivity index (χ1v) is 14.1. The number of fused-ring (bicyclic) bond motifs is 4. The Morgan fingerprint density at radius 2 is 1.27 bits per heavy atom. The van der Waals surface area contributed by atoms with Gasteiger partial charge in [0.25, 0.3) is 0 Å². The molecule has 0 spiro atoms. The van der Waals surface area contributed by atoms with E-state index in [0.29, 0.717) is 12.5 Å². The fraction of sp³-hybridized carbons (Fsp3) is 0.0278. The van der Waals surface area contributed by atoms with Crippen LogP contribution in [-0.2, 0) is 0 Å². The van der Waals surface area contributed by atoms with Crippen LogP contribution in [0.3, 0.4) is 0 Å². The van der Waals surface area contributed by atoms with Crippen LogP contribution in [-0.4, -0.2) is 13.4 Å². The molecule has 0 fully saturated rings. The standard InChI is InChI=1S/C36H26N2OS/c1-37-36-30-12-6-5-11-27(30)17-22-33(36)39-24-38(28-18-15-26(16-19-28)25-9-3-2-4-10-25)29-20-21-32-31-13-7-8-14-34(31)40-35(32)23-29/h2-23H,1,24H2. The Hall–Kier alpha value is -4.93. The number of hydrogen-bond donors (Lipinski definition) is 0. The number of benzene rings is 6. The monoisotopic (exact) mass is 534 g/mol. The lowest BCUT2D eigenvalue weighted by Gasteiger charge is -2.26. The van der Waals surface area contributed by atoms with Crippen LogP contribution in [0, 0.1) is 0 Å². The zero-order valence-corrected chi connectivity index (χ0v) is 22.6. The summed E-state index contributed by atoms with van der Waals surface area (Å²) >= 11 is 1.82. The molecule has 0 atom stereocenters. The normalized spacial score (nSPS) is 11.2. The molecule has 0 bridgehead atoms. The molecule has 192 valence electrons. The molecule has 3 nitrogen and oxygen atoms in total. The number of hydrogen-bond acceptors (Lipinski definition) is 4. The topological polar surface area (TPSA) is 24.8 Å². The molecule has 0 radical (unpaired) electrons. The Kier molecular flexibility index (Phi) is 6.23. The molecule has 0 N–H and O–H groups in total. The van der Waals surface area contributed by atoms with Crippen molar-refractivity contribution in [2.24, 2.45) is 4.99 Å². The first kappa shape index (κ1) is 24.1. The third-order valence-corrected chi connectivity index (χ3v) is 8.46. The number of thiophene rings is 1. The first-order valence-electron chi connectivity index (χ1n) is 13.2. The summed E-state index contributed by atoms with van der Waals surface area (Å²) in [6.45, 7) is 4.16. The van der Waals surface area contributed by atoms with Crippen molar-refractivity contribution in [3.05, 3.63) is 133 Å². The number of aliphatic imine (C=N–C) groups is 1. The van der Waals surface area contributed by atoms with Crippen molar-refractivity contribution in [2.75, 3.05) is 11.6 Å². The Labute approximate surface area is 237 Å². The number of anilines is 2. The summed E-state index contributed by atoms with van der Waals surface area (Å²) in [5.74, 6) is 0.711. The van der Waals surface area contributed by atoms with E-state index >= 15 is 0 Å². The van der Waals surface area contributed by atoms with Gasteiger partial charge in [0.15, 0.2) is 6.73 Å². The molecule has 0 aliphatic heterocycles. The van der Waals surface area contributed by atoms with Crippen molar-refractivity contribution >= 4 is 66.1 Å². The van der Waals surface area contributed by atoms with Crippen molar-refractivity contribution in [3.8, 4) is 16.9 Å². The molecule has 0 amide bonds. The highest BCUT2D eigenvalue weighted by atomic mass is 32.1. The van der Waals surface area contributed by atoms with Crippen LogP contribution >= 0.6 is 11.3 Å². The summed E-state index contributed by atoms with van der Waals surface area (Å²) in [6, 6.07) is 46.6. The van der Waals surface area contributed by atoms with Crippen molar-refractivity contribution in [1.82, 2.24) is 0 Å². The van der Waals surface area contributed by atoms with Gasteiger partial charge in [-0.25, -0.2) is 0 Å². The lowest BCUT2D eigenvalue weighted by atomic mass is 10.1. The predicted octanol–water partition coefficient (Wildman–Crippen LogP) is 10.4. The molecule has 0 aliphatic carbocycles. The van der Waals surface area contributed by atoms with Gasteiger partial charge < -0.3 is 9.64 Å². The minimum Gasteiger partial charge on any atom is -0.470 e. The van der Waals surface area contributed by atoms with Crippen molar-refractivity contribution in [2.45, 2.75) is 0 Å². The Morgan fingerprint density at radius 3 is 2.10 bits per heavy atom. The zero-order valence-electron chi connectivity index (χ0n) is 21.8. The minimum atomic E-state index is 0.321. The maximum absolute atomic E-state index is 6.49. The van der Waals surface area contributed by atoms with Crippen LogP contribution in [0.15, 0.2) is 138 Å². The average molecular weight is 535 g/mol. The van der Waals surface area contributed by atoms with Gasteiger partial charge in [0.1, 0.15) is 11.4 Å². The highest BCUT2D eigenvalue weighted by Gasteiger charge is 2.15. The van der Waals surface area contributed by atoms with Gasteiger partial charge in [0.05, 0.1) is 0 Å². The molecule has 7 aromatic rings. The van der Waals surface area contributed by atoms with E-state index < -0.39 is 0 Å². The average Bonchev–Trinajstić information content (AvgIpc) is 3.39. The summed E-state index contributed by atoms with van der Waals surface area (Å²) in [5, 5.41) is 4.71. The Bertz CT molecular complexity index is 1980. The molecule has 40 heavy (non-hydrogen) atoms. The van der Waals surface area contributed by atoms with E-state index in [4.69, 9.17) is 4.74 Å². The summed E-state index contributed by atoms with van der Waals surface area (Å²) in [7, 11) is 0. The molecule has 1 aromatic heterocycles. The van der Waals surface area contributed by atoms with E-state index in [1.54, 1.807) is 0 Å². The molecule has 0 unspecified atom stereocenters. The molecule has 7 rings (SSSR count). The molecule has 1 heterocycles. The third-order valence-electron chi connectivity index (χ3n) is 7.33. The van der Waals surface area contributed by atoms with E-state index in [-0.39, 0.29) is 0 Å². The highest BCUT2D eigenvalue weighted by Crippen LogP contribution is 2.39. The summed E-state index contributed by atoms with van der Waals surface area (Å²) < 4.78 is 9.04. The van der Waals surface area contributed by atoms with Gasteiger partial charge in [-0.3, -0.25) is 4.99 Å². The SMILES string of the molecule is C=Nc1c(OCN(c2ccc(-c3ccccc3)cc2)c2ccc3c(c2)sc2ccccc23)ccc2ccccc12. The maximum atomic E-state index is 6.49. The quantitative estimate of drug-likeness (QED) is 0.150. The predicted molar refractivity (Wildman–Crippen MR) is 172 cm³/mol. The van der Waals surface area contributed by atoms with Crippen LogP contribution in [0.1, 0.15) is 0 Å². The molecular weight excluding hydrogens is 508 g/mol. The highest BCUT2D eigenvalue weighted by molar-refractivity contribution is 7.25. The van der Waals surface area contributed by atoms with Crippen LogP contribution in [0.4, 0.5) is 17.1 Å². The van der Waals surface area contributed by atoms with Crippen LogP contribution in [0.5, 0.6) is 5.75 Å².